The van der Waals surface area contributed by atoms with Gasteiger partial charge in [0.15, 0.2) is 0 Å². The number of nitrogens with zero attached hydrogens (tertiary/aromatic N) is 1. The number of halogens is 1. The maximum absolute atomic E-state index is 11.9. The Labute approximate surface area is 100 Å². The molecule has 0 atom stereocenters. The van der Waals surface area contributed by atoms with Crippen LogP contribution in [0.15, 0.2) is 34.1 Å². The molecule has 1 aromatic heterocycles. The zero-order valence-electron chi connectivity index (χ0n) is 8.03. The van der Waals surface area contributed by atoms with Gasteiger partial charge in [-0.05, 0) is 36.2 Å². The minimum Gasteiger partial charge on any atom is -0.287 e. The lowest BCUT2D eigenvalue weighted by molar-refractivity contribution is 0.103. The molecule has 0 aliphatic carbocycles. The Balaban J connectivity index is 2.39. The summed E-state index contributed by atoms with van der Waals surface area (Å²) < 4.78 is 4.97. The second kappa shape index (κ2) is 4.24. The molecule has 1 heterocycles. The van der Waals surface area contributed by atoms with E-state index >= 15 is 0 Å². The fraction of sp³-hybridized carbons (Fsp3) is 0.0909. The Kier molecular flexibility index (Phi) is 2.98. The quantitative estimate of drug-likeness (QED) is 0.790. The van der Waals surface area contributed by atoms with Crippen LogP contribution in [-0.4, -0.2) is 10.2 Å². The molecule has 1 aromatic carbocycles. The average molecular weight is 282 g/mol. The topological polar surface area (TPSA) is 30.0 Å². The number of rotatable bonds is 2. The minimum atomic E-state index is -0.0306. The van der Waals surface area contributed by atoms with Gasteiger partial charge in [-0.2, -0.15) is 4.37 Å². The number of aryl methyl sites for hydroxylation is 1. The third-order valence-electron chi connectivity index (χ3n) is 2.10. The van der Waals surface area contributed by atoms with Crippen LogP contribution in [0.4, 0.5) is 0 Å². The molecule has 76 valence electrons. The molecule has 0 saturated carbocycles. The number of benzene rings is 1. The summed E-state index contributed by atoms with van der Waals surface area (Å²) in [4.78, 5) is 11.9. The van der Waals surface area contributed by atoms with E-state index in [2.05, 4.69) is 20.3 Å². The predicted octanol–water partition coefficient (Wildman–Crippen LogP) is 3.45. The Morgan fingerprint density at radius 3 is 2.80 bits per heavy atom. The fourth-order valence-corrected chi connectivity index (χ4v) is 2.10. The molecule has 0 unspecified atom stereocenters. The third-order valence-corrected chi connectivity index (χ3v) is 3.52. The van der Waals surface area contributed by atoms with Gasteiger partial charge in [0, 0.05) is 15.4 Å². The van der Waals surface area contributed by atoms with Gasteiger partial charge in [0.2, 0.25) is 5.78 Å². The number of carbonyl (C=O) groups is 1. The van der Waals surface area contributed by atoms with Crippen LogP contribution in [0.1, 0.15) is 21.6 Å². The first-order chi connectivity index (χ1) is 7.18. The van der Waals surface area contributed by atoms with Crippen LogP contribution < -0.4 is 0 Å². The Hall–Kier alpha value is -1.00. The monoisotopic (exact) mass is 281 g/mol. The van der Waals surface area contributed by atoms with Gasteiger partial charge in [-0.3, -0.25) is 4.79 Å². The van der Waals surface area contributed by atoms with Crippen LogP contribution in [0, 0.1) is 6.92 Å². The zero-order chi connectivity index (χ0) is 10.8. The summed E-state index contributed by atoms with van der Waals surface area (Å²) in [5.74, 6) is -0.0306. The van der Waals surface area contributed by atoms with Crippen LogP contribution in [-0.2, 0) is 0 Å². The highest BCUT2D eigenvalue weighted by molar-refractivity contribution is 9.10. The van der Waals surface area contributed by atoms with E-state index in [0.29, 0.717) is 11.3 Å². The largest absolute Gasteiger partial charge is 0.287 e. The molecule has 2 nitrogen and oxygen atoms in total. The van der Waals surface area contributed by atoms with E-state index in [1.807, 2.05) is 25.1 Å². The van der Waals surface area contributed by atoms with Gasteiger partial charge < -0.3 is 0 Å². The first-order valence-electron chi connectivity index (χ1n) is 4.40. The van der Waals surface area contributed by atoms with E-state index in [-0.39, 0.29) is 5.78 Å². The van der Waals surface area contributed by atoms with Crippen molar-refractivity contribution < 1.29 is 4.79 Å². The summed E-state index contributed by atoms with van der Waals surface area (Å²) in [7, 11) is 0. The van der Waals surface area contributed by atoms with E-state index in [4.69, 9.17) is 0 Å². The second-order valence-corrected chi connectivity index (χ2v) is 4.70. The normalized spacial score (nSPS) is 10.3. The highest BCUT2D eigenvalue weighted by atomic mass is 79.9. The molecule has 0 aliphatic rings. The molecule has 15 heavy (non-hydrogen) atoms. The summed E-state index contributed by atoms with van der Waals surface area (Å²) in [6.07, 6.45) is 0. The highest BCUT2D eigenvalue weighted by Crippen LogP contribution is 2.19. The molecule has 0 bridgehead atoms. The van der Waals surface area contributed by atoms with Crippen LogP contribution >= 0.6 is 27.5 Å². The van der Waals surface area contributed by atoms with Crippen molar-refractivity contribution in [1.82, 2.24) is 4.37 Å². The molecule has 0 amide bonds. The van der Waals surface area contributed by atoms with E-state index in [0.717, 1.165) is 10.0 Å². The van der Waals surface area contributed by atoms with E-state index < -0.39 is 0 Å². The van der Waals surface area contributed by atoms with Crippen molar-refractivity contribution in [2.45, 2.75) is 6.92 Å². The lowest BCUT2D eigenvalue weighted by Crippen LogP contribution is -2.01. The second-order valence-electron chi connectivity index (χ2n) is 3.18. The number of hydrogen-bond acceptors (Lipinski definition) is 3. The standard InChI is InChI=1S/C11H8BrNOS/c1-7-2-3-8(6-9(7)12)11(14)10-4-5-15-13-10/h2-6H,1H3. The summed E-state index contributed by atoms with van der Waals surface area (Å²) in [5.41, 5.74) is 2.29. The van der Waals surface area contributed by atoms with Gasteiger partial charge in [0.05, 0.1) is 0 Å². The molecule has 4 heteroatoms. The number of aromatic nitrogens is 1. The lowest BCUT2D eigenvalue weighted by Gasteiger charge is -2.01. The molecule has 0 spiro atoms. The summed E-state index contributed by atoms with van der Waals surface area (Å²) in [5, 5.41) is 1.80. The van der Waals surface area contributed by atoms with Crippen molar-refractivity contribution in [1.29, 1.82) is 0 Å². The maximum Gasteiger partial charge on any atom is 0.212 e. The Morgan fingerprint density at radius 2 is 2.20 bits per heavy atom. The molecule has 0 N–H and O–H groups in total. The van der Waals surface area contributed by atoms with Gasteiger partial charge in [0.25, 0.3) is 0 Å². The minimum absolute atomic E-state index is 0.0306. The van der Waals surface area contributed by atoms with Crippen LogP contribution in [0.2, 0.25) is 0 Å². The third kappa shape index (κ3) is 2.16. The molecule has 2 aromatic rings. The van der Waals surface area contributed by atoms with E-state index in [1.165, 1.54) is 11.5 Å². The van der Waals surface area contributed by atoms with Gasteiger partial charge in [-0.1, -0.05) is 28.1 Å². The summed E-state index contributed by atoms with van der Waals surface area (Å²) in [6, 6.07) is 7.31. The van der Waals surface area contributed by atoms with Crippen molar-refractivity contribution >= 4 is 33.2 Å². The zero-order valence-corrected chi connectivity index (χ0v) is 10.4. The van der Waals surface area contributed by atoms with Crippen LogP contribution in [0.3, 0.4) is 0 Å². The maximum atomic E-state index is 11.9. The van der Waals surface area contributed by atoms with E-state index in [9.17, 15) is 4.79 Å². The van der Waals surface area contributed by atoms with Crippen LogP contribution in [0.5, 0.6) is 0 Å². The summed E-state index contributed by atoms with van der Waals surface area (Å²) in [6.45, 7) is 1.99. The molecule has 0 aliphatic heterocycles. The Morgan fingerprint density at radius 1 is 1.40 bits per heavy atom. The van der Waals surface area contributed by atoms with Crippen molar-refractivity contribution in [3.05, 3.63) is 50.9 Å². The SMILES string of the molecule is Cc1ccc(C(=O)c2ccsn2)cc1Br. The van der Waals surface area contributed by atoms with E-state index in [1.54, 1.807) is 11.4 Å². The van der Waals surface area contributed by atoms with Gasteiger partial charge in [-0.15, -0.1) is 0 Å². The number of hydrogen-bond donors (Lipinski definition) is 0. The smallest absolute Gasteiger partial charge is 0.212 e. The fourth-order valence-electron chi connectivity index (χ4n) is 1.21. The summed E-state index contributed by atoms with van der Waals surface area (Å²) >= 11 is 4.69. The molecule has 0 saturated heterocycles. The average Bonchev–Trinajstić information content (AvgIpc) is 2.74. The first kappa shape index (κ1) is 10.5. The molecular formula is C11H8BrNOS. The highest BCUT2D eigenvalue weighted by Gasteiger charge is 2.11. The van der Waals surface area contributed by atoms with Gasteiger partial charge >= 0.3 is 0 Å². The van der Waals surface area contributed by atoms with Crippen molar-refractivity contribution in [2.24, 2.45) is 0 Å². The predicted molar refractivity (Wildman–Crippen MR) is 64.4 cm³/mol. The van der Waals surface area contributed by atoms with Gasteiger partial charge in [-0.25, -0.2) is 0 Å². The van der Waals surface area contributed by atoms with Crippen molar-refractivity contribution in [3.63, 3.8) is 0 Å². The molecule has 0 radical (unpaired) electrons. The van der Waals surface area contributed by atoms with Crippen molar-refractivity contribution in [2.75, 3.05) is 0 Å². The molecule has 2 rings (SSSR count). The number of carbonyl (C=O) groups excluding carboxylic acids is 1. The van der Waals surface area contributed by atoms with Crippen molar-refractivity contribution in [3.8, 4) is 0 Å². The molecule has 0 fully saturated rings. The Bertz CT molecular complexity index is 493. The molecular weight excluding hydrogens is 274 g/mol. The van der Waals surface area contributed by atoms with Gasteiger partial charge in [0.1, 0.15) is 5.69 Å². The number of ketones is 1. The first-order valence-corrected chi connectivity index (χ1v) is 6.02. The lowest BCUT2D eigenvalue weighted by atomic mass is 10.1. The van der Waals surface area contributed by atoms with Crippen LogP contribution in [0.25, 0.3) is 0 Å².